The van der Waals surface area contributed by atoms with Crippen LogP contribution in [0, 0.1) is 0 Å². The second kappa shape index (κ2) is 16.5. The number of halogens is 2. The fraction of sp³-hybridized carbons (Fsp3) is 0.571. The summed E-state index contributed by atoms with van der Waals surface area (Å²) in [5.74, 6) is 0. The molecule has 1 rings (SSSR count). The first-order chi connectivity index (χ1) is 11.7. The highest BCUT2D eigenvalue weighted by atomic mass is 35.5. The Labute approximate surface area is 164 Å². The molecule has 0 heterocycles. The third-order valence-corrected chi connectivity index (χ3v) is 4.35. The van der Waals surface area contributed by atoms with Gasteiger partial charge in [0, 0.05) is 17.8 Å². The van der Waals surface area contributed by atoms with Crippen LogP contribution >= 0.6 is 24.0 Å². The fourth-order valence-corrected chi connectivity index (χ4v) is 2.75. The Hall–Kier alpha value is -0.990. The average molecular weight is 386 g/mol. The molecular weight excluding hydrogens is 353 g/mol. The minimum absolute atomic E-state index is 0. The zero-order valence-electron chi connectivity index (χ0n) is 15.4. The third kappa shape index (κ3) is 12.9. The van der Waals surface area contributed by atoms with Crippen molar-refractivity contribution in [1.82, 2.24) is 0 Å². The number of nitrogens with one attached hydrogen (secondary N) is 1. The molecule has 0 amide bonds. The summed E-state index contributed by atoms with van der Waals surface area (Å²) in [7, 11) is 0. The molecule has 0 atom stereocenters. The monoisotopic (exact) mass is 385 g/mol. The van der Waals surface area contributed by atoms with Crippen molar-refractivity contribution in [2.75, 3.05) is 11.9 Å². The Bertz CT molecular complexity index is 471. The predicted molar refractivity (Wildman–Crippen MR) is 113 cm³/mol. The largest absolute Gasteiger partial charge is 0.385 e. The quantitative estimate of drug-likeness (QED) is 0.205. The summed E-state index contributed by atoms with van der Waals surface area (Å²) in [6.45, 7) is 3.20. The lowest BCUT2D eigenvalue weighted by Crippen LogP contribution is -2.01. The van der Waals surface area contributed by atoms with Crippen LogP contribution in [0.15, 0.2) is 36.4 Å². The number of carbonyl (C=O) groups is 1. The van der Waals surface area contributed by atoms with Crippen LogP contribution in [0.2, 0.25) is 0 Å². The Kier molecular flexibility index (Phi) is 15.8. The van der Waals surface area contributed by atoms with Crippen LogP contribution in [0.1, 0.15) is 81.5 Å². The topological polar surface area (TPSA) is 29.1 Å². The number of allylic oxidation sites excluding steroid dienone is 2. The normalized spacial score (nSPS) is 10.6. The first-order valence-electron chi connectivity index (χ1n) is 9.42. The molecule has 0 aliphatic rings. The lowest BCUT2D eigenvalue weighted by Gasteiger charge is -2.05. The summed E-state index contributed by atoms with van der Waals surface area (Å²) in [6, 6.07) is 7.29. The van der Waals surface area contributed by atoms with Crippen LogP contribution in [-0.2, 0) is 0 Å². The first-order valence-corrected chi connectivity index (χ1v) is 9.80. The van der Waals surface area contributed by atoms with Gasteiger partial charge in [0.2, 0.25) is 0 Å². The molecule has 0 aliphatic carbocycles. The molecule has 0 unspecified atom stereocenters. The van der Waals surface area contributed by atoms with E-state index >= 15 is 0 Å². The van der Waals surface area contributed by atoms with Crippen LogP contribution in [0.5, 0.6) is 0 Å². The number of hydrogen-bond donors (Lipinski definition) is 1. The maximum atomic E-state index is 11.0. The van der Waals surface area contributed by atoms with Crippen molar-refractivity contribution in [3.05, 3.63) is 42.0 Å². The van der Waals surface area contributed by atoms with Crippen LogP contribution < -0.4 is 5.32 Å². The third-order valence-electron chi connectivity index (χ3n) is 4.13. The van der Waals surface area contributed by atoms with Gasteiger partial charge in [-0.3, -0.25) is 4.79 Å². The molecule has 0 radical (unpaired) electrons. The van der Waals surface area contributed by atoms with E-state index in [1.165, 1.54) is 51.4 Å². The van der Waals surface area contributed by atoms with Crippen molar-refractivity contribution in [2.24, 2.45) is 0 Å². The van der Waals surface area contributed by atoms with E-state index in [0.29, 0.717) is 5.56 Å². The Morgan fingerprint density at radius 1 is 0.920 bits per heavy atom. The number of hydrogen-bond acceptors (Lipinski definition) is 2. The van der Waals surface area contributed by atoms with E-state index < -0.39 is 5.24 Å². The van der Waals surface area contributed by atoms with Gasteiger partial charge in [-0.2, -0.15) is 0 Å². The molecule has 0 bridgehead atoms. The van der Waals surface area contributed by atoms with Gasteiger partial charge >= 0.3 is 0 Å². The van der Waals surface area contributed by atoms with Gasteiger partial charge in [0.15, 0.2) is 0 Å². The molecule has 1 N–H and O–H groups in total. The Balaban J connectivity index is 0.00000576. The molecule has 2 nitrogen and oxygen atoms in total. The lowest BCUT2D eigenvalue weighted by atomic mass is 10.1. The molecular formula is C21H33Cl2NO. The molecule has 1 aromatic carbocycles. The van der Waals surface area contributed by atoms with Gasteiger partial charge in [-0.1, -0.05) is 57.6 Å². The van der Waals surface area contributed by atoms with Gasteiger partial charge in [-0.15, -0.1) is 12.4 Å². The first kappa shape index (κ1) is 24.0. The van der Waals surface area contributed by atoms with Gasteiger partial charge in [0.1, 0.15) is 0 Å². The maximum absolute atomic E-state index is 11.0. The van der Waals surface area contributed by atoms with Crippen molar-refractivity contribution < 1.29 is 4.79 Å². The molecule has 0 saturated carbocycles. The van der Waals surface area contributed by atoms with Crippen molar-refractivity contribution in [3.63, 3.8) is 0 Å². The molecule has 0 aliphatic heterocycles. The summed E-state index contributed by atoms with van der Waals surface area (Å²) >= 11 is 5.42. The minimum atomic E-state index is -0.410. The molecule has 0 fully saturated rings. The van der Waals surface area contributed by atoms with Gasteiger partial charge in [-0.25, -0.2) is 0 Å². The van der Waals surface area contributed by atoms with E-state index in [9.17, 15) is 4.79 Å². The van der Waals surface area contributed by atoms with E-state index in [0.717, 1.165) is 25.1 Å². The minimum Gasteiger partial charge on any atom is -0.385 e. The molecule has 142 valence electrons. The molecule has 0 saturated heterocycles. The zero-order valence-corrected chi connectivity index (χ0v) is 17.0. The number of unbranched alkanes of at least 4 members (excludes halogenated alkanes) is 8. The Morgan fingerprint density at radius 2 is 1.48 bits per heavy atom. The predicted octanol–water partition coefficient (Wildman–Crippen LogP) is 7.38. The van der Waals surface area contributed by atoms with Crippen molar-refractivity contribution >= 4 is 34.9 Å². The second-order valence-corrected chi connectivity index (χ2v) is 6.64. The number of rotatable bonds is 14. The molecule has 1 aromatic rings. The second-order valence-electron chi connectivity index (χ2n) is 6.30. The van der Waals surface area contributed by atoms with E-state index in [2.05, 4.69) is 24.4 Å². The average Bonchev–Trinajstić information content (AvgIpc) is 2.59. The highest BCUT2D eigenvalue weighted by Crippen LogP contribution is 2.12. The van der Waals surface area contributed by atoms with Crippen LogP contribution in [0.25, 0.3) is 0 Å². The molecule has 0 aromatic heterocycles. The van der Waals surface area contributed by atoms with E-state index in [1.807, 2.05) is 12.1 Å². The molecule has 25 heavy (non-hydrogen) atoms. The highest BCUT2D eigenvalue weighted by molar-refractivity contribution is 6.67. The maximum Gasteiger partial charge on any atom is 0.252 e. The van der Waals surface area contributed by atoms with E-state index in [-0.39, 0.29) is 12.4 Å². The molecule has 0 spiro atoms. The SMILES string of the molecule is CCCCCCCCC/C=C/CCCNc1ccc(C(=O)Cl)cc1.Cl. The van der Waals surface area contributed by atoms with Crippen LogP contribution in [0.4, 0.5) is 5.69 Å². The number of benzene rings is 1. The smallest absolute Gasteiger partial charge is 0.252 e. The summed E-state index contributed by atoms with van der Waals surface area (Å²) < 4.78 is 0. The number of carbonyl (C=O) groups excluding carboxylic acids is 1. The van der Waals surface area contributed by atoms with Gasteiger partial charge in [0.25, 0.3) is 5.24 Å². The summed E-state index contributed by atoms with van der Waals surface area (Å²) in [4.78, 5) is 11.0. The van der Waals surface area contributed by atoms with Crippen molar-refractivity contribution in [3.8, 4) is 0 Å². The lowest BCUT2D eigenvalue weighted by molar-refractivity contribution is 0.108. The Morgan fingerprint density at radius 3 is 2.08 bits per heavy atom. The van der Waals surface area contributed by atoms with Gasteiger partial charge < -0.3 is 5.32 Å². The van der Waals surface area contributed by atoms with Crippen molar-refractivity contribution in [1.29, 1.82) is 0 Å². The summed E-state index contributed by atoms with van der Waals surface area (Å²) in [5, 5.41) is 2.95. The van der Waals surface area contributed by atoms with E-state index in [1.54, 1.807) is 12.1 Å². The standard InChI is InChI=1S/C21H32ClNO.ClH/c1-2-3-4-5-6-7-8-9-10-11-12-13-18-23-20-16-14-19(15-17-20)21(22)24;/h10-11,14-17,23H,2-9,12-13,18H2,1H3;1H/b11-10+;. The van der Waals surface area contributed by atoms with Gasteiger partial charge in [0.05, 0.1) is 0 Å². The van der Waals surface area contributed by atoms with Crippen molar-refractivity contribution in [2.45, 2.75) is 71.1 Å². The van der Waals surface area contributed by atoms with Gasteiger partial charge in [-0.05, 0) is 61.5 Å². The number of anilines is 1. The van der Waals surface area contributed by atoms with Crippen LogP contribution in [0.3, 0.4) is 0 Å². The van der Waals surface area contributed by atoms with Crippen LogP contribution in [-0.4, -0.2) is 11.8 Å². The highest BCUT2D eigenvalue weighted by Gasteiger charge is 2.00. The van der Waals surface area contributed by atoms with E-state index in [4.69, 9.17) is 11.6 Å². The fourth-order valence-electron chi connectivity index (χ4n) is 2.63. The summed E-state index contributed by atoms with van der Waals surface area (Å²) in [5.41, 5.74) is 1.57. The summed E-state index contributed by atoms with van der Waals surface area (Å²) in [6.07, 6.45) is 17.7. The zero-order chi connectivity index (χ0) is 17.5. The molecule has 4 heteroatoms.